The summed E-state index contributed by atoms with van der Waals surface area (Å²) in [7, 11) is 1.37. The minimum atomic E-state index is -0.374. The highest BCUT2D eigenvalue weighted by molar-refractivity contribution is 5.75. The molecule has 0 fully saturated rings. The molecule has 0 heterocycles. The molecule has 0 unspecified atom stereocenters. The first-order valence-corrected chi connectivity index (χ1v) is 4.22. The Morgan fingerprint density at radius 2 is 2.23 bits per heavy atom. The van der Waals surface area contributed by atoms with Gasteiger partial charge in [0.25, 0.3) is 0 Å². The zero-order valence-corrected chi connectivity index (χ0v) is 8.03. The molecule has 0 aliphatic rings. The van der Waals surface area contributed by atoms with Crippen molar-refractivity contribution in [2.45, 2.75) is 18.9 Å². The van der Waals surface area contributed by atoms with Gasteiger partial charge in [0, 0.05) is 6.54 Å². The van der Waals surface area contributed by atoms with Crippen LogP contribution in [0.4, 0.5) is 0 Å². The third-order valence-electron chi connectivity index (χ3n) is 1.57. The van der Waals surface area contributed by atoms with Crippen molar-refractivity contribution in [3.63, 3.8) is 0 Å². The van der Waals surface area contributed by atoms with Gasteiger partial charge in [-0.3, -0.25) is 4.79 Å². The number of rotatable bonds is 7. The molecule has 0 saturated carbocycles. The summed E-state index contributed by atoms with van der Waals surface area (Å²) in [6.45, 7) is 7.60. The third-order valence-corrected chi connectivity index (χ3v) is 1.57. The molecule has 13 heavy (non-hydrogen) atoms. The smallest absolute Gasteiger partial charge is 0.324 e. The lowest BCUT2D eigenvalue weighted by molar-refractivity contribution is -0.143. The van der Waals surface area contributed by atoms with E-state index in [1.165, 1.54) is 7.11 Å². The Labute approximate surface area is 79.5 Å². The number of carbonyl (C=O) groups excluding carboxylic acids is 1. The topological polar surface area (TPSA) is 40.4 Å². The van der Waals surface area contributed by atoms with E-state index in [9.17, 15) is 4.79 Å². The summed E-state index contributed by atoms with van der Waals surface area (Å²) in [5.41, 5.74) is 0. The predicted octanol–water partition coefficient (Wildman–Crippen LogP) is 1.28. The molecular weight excluding hydrogens is 166 g/mol. The molecule has 0 bridgehead atoms. The van der Waals surface area contributed by atoms with Crippen molar-refractivity contribution < 1.29 is 9.53 Å². The fraction of sp³-hybridized carbons (Fsp3) is 0.500. The molecule has 0 N–H and O–H groups in total. The van der Waals surface area contributed by atoms with Gasteiger partial charge in [0.2, 0.25) is 0 Å². The van der Waals surface area contributed by atoms with Gasteiger partial charge in [0.15, 0.2) is 0 Å². The van der Waals surface area contributed by atoms with Crippen molar-refractivity contribution in [1.29, 1.82) is 0 Å². The SMILES string of the molecule is C=CCC[C@H]([N]CC=C)C(=O)OC. The average molecular weight is 182 g/mol. The van der Waals surface area contributed by atoms with Gasteiger partial charge in [-0.25, -0.2) is 5.32 Å². The number of hydrogen-bond acceptors (Lipinski definition) is 2. The summed E-state index contributed by atoms with van der Waals surface area (Å²) >= 11 is 0. The van der Waals surface area contributed by atoms with Crippen LogP contribution >= 0.6 is 0 Å². The lowest BCUT2D eigenvalue weighted by Crippen LogP contribution is -2.32. The zero-order chi connectivity index (χ0) is 10.1. The highest BCUT2D eigenvalue weighted by Crippen LogP contribution is 2.01. The molecule has 0 rings (SSSR count). The number of ether oxygens (including phenoxy) is 1. The molecule has 0 saturated heterocycles. The largest absolute Gasteiger partial charge is 0.468 e. The second kappa shape index (κ2) is 7.55. The minimum Gasteiger partial charge on any atom is -0.468 e. The van der Waals surface area contributed by atoms with E-state index in [0.717, 1.165) is 6.42 Å². The van der Waals surface area contributed by atoms with Gasteiger partial charge >= 0.3 is 5.97 Å². The van der Waals surface area contributed by atoms with E-state index in [1.54, 1.807) is 12.2 Å². The van der Waals surface area contributed by atoms with E-state index in [2.05, 4.69) is 23.2 Å². The van der Waals surface area contributed by atoms with Crippen LogP contribution < -0.4 is 5.32 Å². The van der Waals surface area contributed by atoms with E-state index >= 15 is 0 Å². The van der Waals surface area contributed by atoms with E-state index in [-0.39, 0.29) is 12.0 Å². The van der Waals surface area contributed by atoms with Gasteiger partial charge in [-0.15, -0.1) is 13.2 Å². The van der Waals surface area contributed by atoms with Crippen LogP contribution in [0.2, 0.25) is 0 Å². The summed E-state index contributed by atoms with van der Waals surface area (Å²) in [4.78, 5) is 11.1. The fourth-order valence-corrected chi connectivity index (χ4v) is 0.897. The van der Waals surface area contributed by atoms with Crippen molar-refractivity contribution in [2.75, 3.05) is 13.7 Å². The van der Waals surface area contributed by atoms with Crippen LogP contribution in [0.15, 0.2) is 25.3 Å². The van der Waals surface area contributed by atoms with Crippen molar-refractivity contribution in [3.8, 4) is 0 Å². The second-order valence-electron chi connectivity index (χ2n) is 2.56. The van der Waals surface area contributed by atoms with E-state index in [4.69, 9.17) is 0 Å². The van der Waals surface area contributed by atoms with Gasteiger partial charge in [0.05, 0.1) is 7.11 Å². The maximum atomic E-state index is 11.1. The van der Waals surface area contributed by atoms with E-state index < -0.39 is 0 Å². The third kappa shape index (κ3) is 5.20. The molecule has 1 atom stereocenters. The number of hydrogen-bond donors (Lipinski definition) is 0. The summed E-state index contributed by atoms with van der Waals surface area (Å²) in [6.07, 6.45) is 4.84. The van der Waals surface area contributed by atoms with Crippen molar-refractivity contribution in [2.24, 2.45) is 0 Å². The van der Waals surface area contributed by atoms with E-state index in [1.807, 2.05) is 0 Å². The second-order valence-corrected chi connectivity index (χ2v) is 2.56. The monoisotopic (exact) mass is 182 g/mol. The first kappa shape index (κ1) is 11.9. The molecule has 0 spiro atoms. The fourth-order valence-electron chi connectivity index (χ4n) is 0.897. The van der Waals surface area contributed by atoms with Crippen LogP contribution in [-0.4, -0.2) is 25.7 Å². The molecule has 3 heteroatoms. The first-order chi connectivity index (χ1) is 6.26. The number of carbonyl (C=O) groups is 1. The van der Waals surface area contributed by atoms with Crippen LogP contribution in [0.1, 0.15) is 12.8 Å². The molecule has 73 valence electrons. The highest BCUT2D eigenvalue weighted by Gasteiger charge is 2.17. The van der Waals surface area contributed by atoms with Crippen LogP contribution in [0.5, 0.6) is 0 Å². The minimum absolute atomic E-state index is 0.288. The Bertz CT molecular complexity index is 166. The lowest BCUT2D eigenvalue weighted by Gasteiger charge is -2.11. The van der Waals surface area contributed by atoms with Gasteiger partial charge < -0.3 is 4.74 Å². The maximum Gasteiger partial charge on any atom is 0.324 e. The molecule has 0 aromatic carbocycles. The van der Waals surface area contributed by atoms with Crippen LogP contribution in [0.3, 0.4) is 0 Å². The number of methoxy groups -OCH3 is 1. The maximum absolute atomic E-state index is 11.1. The molecule has 3 nitrogen and oxygen atoms in total. The van der Waals surface area contributed by atoms with Gasteiger partial charge in [-0.05, 0) is 12.8 Å². The normalized spacial score (nSPS) is 11.8. The number of allylic oxidation sites excluding steroid dienone is 1. The van der Waals surface area contributed by atoms with E-state index in [0.29, 0.717) is 13.0 Å². The van der Waals surface area contributed by atoms with Crippen molar-refractivity contribution in [3.05, 3.63) is 25.3 Å². The zero-order valence-electron chi connectivity index (χ0n) is 8.03. The Morgan fingerprint density at radius 3 is 2.69 bits per heavy atom. The Balaban J connectivity index is 3.92. The molecular formula is C10H16NO2. The highest BCUT2D eigenvalue weighted by atomic mass is 16.5. The van der Waals surface area contributed by atoms with Gasteiger partial charge in [-0.1, -0.05) is 12.2 Å². The lowest BCUT2D eigenvalue weighted by atomic mass is 10.1. The predicted molar refractivity (Wildman–Crippen MR) is 52.4 cm³/mol. The number of esters is 1. The number of nitrogens with zero attached hydrogens (tertiary/aromatic N) is 1. The average Bonchev–Trinajstić information content (AvgIpc) is 2.17. The molecule has 0 amide bonds. The van der Waals surface area contributed by atoms with Crippen molar-refractivity contribution >= 4 is 5.97 Å². The Morgan fingerprint density at radius 1 is 1.54 bits per heavy atom. The summed E-state index contributed by atoms with van der Waals surface area (Å²) in [5.74, 6) is -0.288. The van der Waals surface area contributed by atoms with Crippen molar-refractivity contribution in [1.82, 2.24) is 5.32 Å². The summed E-state index contributed by atoms with van der Waals surface area (Å²) in [5, 5.41) is 4.11. The molecule has 0 aliphatic carbocycles. The quantitative estimate of drug-likeness (QED) is 0.439. The van der Waals surface area contributed by atoms with Crippen LogP contribution in [0, 0.1) is 0 Å². The molecule has 1 radical (unpaired) electrons. The Kier molecular flexibility index (Phi) is 6.92. The summed E-state index contributed by atoms with van der Waals surface area (Å²) < 4.78 is 4.61. The Hall–Kier alpha value is -1.09. The van der Waals surface area contributed by atoms with Gasteiger partial charge in [-0.2, -0.15) is 0 Å². The molecule has 0 aromatic heterocycles. The van der Waals surface area contributed by atoms with Crippen LogP contribution in [-0.2, 0) is 9.53 Å². The van der Waals surface area contributed by atoms with Gasteiger partial charge in [0.1, 0.15) is 6.04 Å². The summed E-state index contributed by atoms with van der Waals surface area (Å²) in [6, 6.07) is -0.374. The molecule has 0 aromatic rings. The standard InChI is InChI=1S/C10H16NO2/c1-4-6-7-9(10(12)13-3)11-8-5-2/h4-5,9H,1-2,6-8H2,3H3/t9-/m0/s1. The first-order valence-electron chi connectivity index (χ1n) is 4.22. The van der Waals surface area contributed by atoms with Crippen LogP contribution in [0.25, 0.3) is 0 Å². The molecule has 0 aliphatic heterocycles.